The maximum Gasteiger partial charge on any atom is 0.253 e. The molecule has 6 nitrogen and oxygen atoms in total. The molecule has 1 saturated heterocycles. The van der Waals surface area contributed by atoms with E-state index in [1.165, 1.54) is 30.5 Å². The second kappa shape index (κ2) is 11.3. The molecule has 0 bridgehead atoms. The third kappa shape index (κ3) is 6.57. The largest absolute Gasteiger partial charge is 0.372 e. The van der Waals surface area contributed by atoms with Crippen LogP contribution in [-0.4, -0.2) is 49.4 Å². The van der Waals surface area contributed by atoms with E-state index >= 15 is 0 Å². The summed E-state index contributed by atoms with van der Waals surface area (Å²) in [4.78, 5) is 29.9. The molecule has 2 N–H and O–H groups in total. The van der Waals surface area contributed by atoms with Gasteiger partial charge >= 0.3 is 0 Å². The maximum atomic E-state index is 12.7. The van der Waals surface area contributed by atoms with E-state index in [0.29, 0.717) is 17.8 Å². The summed E-state index contributed by atoms with van der Waals surface area (Å²) in [6.07, 6.45) is 8.26. The Kier molecular flexibility index (Phi) is 8.00. The predicted octanol–water partition coefficient (Wildman–Crippen LogP) is 4.42. The third-order valence-electron chi connectivity index (χ3n) is 6.66. The number of carbonyl (C=O) groups is 2. The van der Waals surface area contributed by atoms with Crippen LogP contribution in [0.3, 0.4) is 0 Å². The van der Waals surface area contributed by atoms with Gasteiger partial charge in [-0.25, -0.2) is 0 Å². The fourth-order valence-corrected chi connectivity index (χ4v) is 4.89. The van der Waals surface area contributed by atoms with Crippen LogP contribution in [0.25, 0.3) is 0 Å². The zero-order valence-corrected chi connectivity index (χ0v) is 19.7. The fraction of sp³-hybridized carbons (Fsp3) is 0.481. The quantitative estimate of drug-likeness (QED) is 0.628. The highest BCUT2D eigenvalue weighted by Gasteiger charge is 2.20. The molecule has 176 valence electrons. The Bertz CT molecular complexity index is 931. The predicted molar refractivity (Wildman–Crippen MR) is 134 cm³/mol. The van der Waals surface area contributed by atoms with Crippen molar-refractivity contribution in [1.82, 2.24) is 10.2 Å². The summed E-state index contributed by atoms with van der Waals surface area (Å²) < 4.78 is 0. The summed E-state index contributed by atoms with van der Waals surface area (Å²) in [5.41, 5.74) is 3.56. The molecular formula is C27H36N4O2. The van der Waals surface area contributed by atoms with Gasteiger partial charge in [0.05, 0.1) is 17.8 Å². The number of benzene rings is 2. The van der Waals surface area contributed by atoms with Crippen molar-refractivity contribution >= 4 is 23.2 Å². The smallest absolute Gasteiger partial charge is 0.253 e. The molecule has 0 aromatic heterocycles. The number of carbonyl (C=O) groups excluding carboxylic acids is 2. The first-order valence-corrected chi connectivity index (χ1v) is 12.3. The zero-order valence-electron chi connectivity index (χ0n) is 19.7. The van der Waals surface area contributed by atoms with Gasteiger partial charge in [-0.05, 0) is 69.0 Å². The Balaban J connectivity index is 1.29. The van der Waals surface area contributed by atoms with E-state index in [1.54, 1.807) is 12.1 Å². The number of hydrogen-bond donors (Lipinski definition) is 2. The molecular weight excluding hydrogens is 412 g/mol. The molecule has 0 radical (unpaired) electrons. The molecule has 2 fully saturated rings. The number of anilines is 2. The summed E-state index contributed by atoms with van der Waals surface area (Å²) in [6, 6.07) is 16.2. The lowest BCUT2D eigenvalue weighted by Gasteiger charge is -2.29. The van der Waals surface area contributed by atoms with Crippen molar-refractivity contribution in [3.63, 3.8) is 0 Å². The van der Waals surface area contributed by atoms with Crippen LogP contribution in [0.5, 0.6) is 0 Å². The number of nitrogens with one attached hydrogen (secondary N) is 2. The molecule has 2 aromatic rings. The van der Waals surface area contributed by atoms with Crippen LogP contribution in [0.1, 0.15) is 60.9 Å². The number of amides is 2. The monoisotopic (exact) mass is 448 g/mol. The van der Waals surface area contributed by atoms with Gasteiger partial charge in [0.1, 0.15) is 0 Å². The molecule has 2 aliphatic rings. The van der Waals surface area contributed by atoms with Crippen LogP contribution < -0.4 is 15.5 Å². The lowest BCUT2D eigenvalue weighted by Crippen LogP contribution is -2.34. The lowest BCUT2D eigenvalue weighted by molar-refractivity contribution is -0.117. The number of piperidine rings is 1. The van der Waals surface area contributed by atoms with Crippen LogP contribution in [-0.2, 0) is 11.3 Å². The van der Waals surface area contributed by atoms with Gasteiger partial charge in [0.15, 0.2) is 0 Å². The molecule has 6 heteroatoms. The first-order valence-electron chi connectivity index (χ1n) is 12.3. The molecule has 1 saturated carbocycles. The van der Waals surface area contributed by atoms with Crippen molar-refractivity contribution in [3.05, 3.63) is 59.7 Å². The van der Waals surface area contributed by atoms with Gasteiger partial charge in [0, 0.05) is 31.4 Å². The van der Waals surface area contributed by atoms with Crippen LogP contribution in [0.2, 0.25) is 0 Å². The Morgan fingerprint density at radius 3 is 2.36 bits per heavy atom. The van der Waals surface area contributed by atoms with Crippen molar-refractivity contribution in [2.24, 2.45) is 0 Å². The number of likely N-dealkylation sites (N-methyl/N-ethyl adjacent to an activating group) is 1. The summed E-state index contributed by atoms with van der Waals surface area (Å²) >= 11 is 0. The van der Waals surface area contributed by atoms with Gasteiger partial charge in [-0.3, -0.25) is 14.5 Å². The van der Waals surface area contributed by atoms with E-state index in [9.17, 15) is 9.59 Å². The second-order valence-electron chi connectivity index (χ2n) is 9.44. The van der Waals surface area contributed by atoms with E-state index in [1.807, 2.05) is 24.1 Å². The topological polar surface area (TPSA) is 64.7 Å². The van der Waals surface area contributed by atoms with E-state index in [4.69, 9.17) is 0 Å². The summed E-state index contributed by atoms with van der Waals surface area (Å²) in [6.45, 7) is 3.23. The first kappa shape index (κ1) is 23.3. The Morgan fingerprint density at radius 2 is 1.64 bits per heavy atom. The standard InChI is InChI=1S/C27H36N4O2/c1-30(19-21-13-15-23(16-14-21)31-17-7-2-8-18-31)20-26(32)29-25-12-6-5-11-24(25)27(33)28-22-9-3-4-10-22/h5-6,11-16,22H,2-4,7-10,17-20H2,1H3,(H,28,33)(H,29,32). The minimum atomic E-state index is -0.122. The van der Waals surface area contributed by atoms with Crippen molar-refractivity contribution in [2.45, 2.75) is 57.5 Å². The summed E-state index contributed by atoms with van der Waals surface area (Å²) in [5, 5.41) is 6.04. The minimum Gasteiger partial charge on any atom is -0.372 e. The molecule has 1 heterocycles. The lowest BCUT2D eigenvalue weighted by atomic mass is 10.1. The average molecular weight is 449 g/mol. The molecule has 2 amide bonds. The van der Waals surface area contributed by atoms with Gasteiger partial charge in [-0.15, -0.1) is 0 Å². The highest BCUT2D eigenvalue weighted by Crippen LogP contribution is 2.22. The van der Waals surface area contributed by atoms with Gasteiger partial charge < -0.3 is 15.5 Å². The van der Waals surface area contributed by atoms with Crippen molar-refractivity contribution < 1.29 is 9.59 Å². The Hall–Kier alpha value is -2.86. The third-order valence-corrected chi connectivity index (χ3v) is 6.66. The highest BCUT2D eigenvalue weighted by molar-refractivity contribution is 6.04. The average Bonchev–Trinajstić information content (AvgIpc) is 3.33. The Morgan fingerprint density at radius 1 is 0.939 bits per heavy atom. The fourth-order valence-electron chi connectivity index (χ4n) is 4.89. The van der Waals surface area contributed by atoms with Gasteiger partial charge in [-0.2, -0.15) is 0 Å². The number of para-hydroxylation sites is 1. The Labute approximate surface area is 197 Å². The molecule has 0 spiro atoms. The van der Waals surface area contributed by atoms with Gasteiger partial charge in [-0.1, -0.05) is 37.1 Å². The van der Waals surface area contributed by atoms with Crippen LogP contribution in [0.15, 0.2) is 48.5 Å². The van der Waals surface area contributed by atoms with Crippen molar-refractivity contribution in [2.75, 3.05) is 36.9 Å². The molecule has 4 rings (SSSR count). The maximum absolute atomic E-state index is 12.7. The van der Waals surface area contributed by atoms with E-state index in [-0.39, 0.29) is 24.4 Å². The van der Waals surface area contributed by atoms with E-state index in [0.717, 1.165) is 38.8 Å². The number of hydrogen-bond acceptors (Lipinski definition) is 4. The number of rotatable bonds is 8. The molecule has 0 atom stereocenters. The number of nitrogens with zero attached hydrogens (tertiary/aromatic N) is 2. The van der Waals surface area contributed by atoms with Crippen LogP contribution >= 0.6 is 0 Å². The normalized spacial score (nSPS) is 16.7. The SMILES string of the molecule is CN(CC(=O)Nc1ccccc1C(=O)NC1CCCC1)Cc1ccc(N2CCCCC2)cc1. The first-order chi connectivity index (χ1) is 16.1. The summed E-state index contributed by atoms with van der Waals surface area (Å²) in [5.74, 6) is -0.233. The van der Waals surface area contributed by atoms with Gasteiger partial charge in [0.25, 0.3) is 5.91 Å². The van der Waals surface area contributed by atoms with Crippen molar-refractivity contribution in [1.29, 1.82) is 0 Å². The minimum absolute atomic E-state index is 0.111. The van der Waals surface area contributed by atoms with Gasteiger partial charge in [0.2, 0.25) is 5.91 Å². The molecule has 0 unspecified atom stereocenters. The van der Waals surface area contributed by atoms with Crippen molar-refractivity contribution in [3.8, 4) is 0 Å². The molecule has 1 aliphatic carbocycles. The van der Waals surface area contributed by atoms with E-state index in [2.05, 4.69) is 39.8 Å². The van der Waals surface area contributed by atoms with Crippen LogP contribution in [0, 0.1) is 0 Å². The molecule has 2 aromatic carbocycles. The van der Waals surface area contributed by atoms with E-state index < -0.39 is 0 Å². The second-order valence-corrected chi connectivity index (χ2v) is 9.44. The van der Waals surface area contributed by atoms with Crippen LogP contribution in [0.4, 0.5) is 11.4 Å². The highest BCUT2D eigenvalue weighted by atomic mass is 16.2. The molecule has 1 aliphatic heterocycles. The zero-order chi connectivity index (χ0) is 23.0. The molecule has 33 heavy (non-hydrogen) atoms. The summed E-state index contributed by atoms with van der Waals surface area (Å²) in [7, 11) is 1.94.